The molecule has 272 valence electrons. The van der Waals surface area contributed by atoms with E-state index in [2.05, 4.69) is 0 Å². The number of rotatable bonds is 13. The van der Waals surface area contributed by atoms with Gasteiger partial charge in [0.2, 0.25) is 19.1 Å². The largest absolute Gasteiger partial charge is 0.497 e. The molecule has 0 unspecified atom stereocenters. The molecule has 0 fully saturated rings. The topological polar surface area (TPSA) is 165 Å². The summed E-state index contributed by atoms with van der Waals surface area (Å²) in [5.74, 6) is -1.40. The van der Waals surface area contributed by atoms with Crippen LogP contribution in [0.15, 0.2) is 97.1 Å². The van der Waals surface area contributed by atoms with Crippen molar-refractivity contribution in [1.82, 2.24) is 14.1 Å². The average molecular weight is 768 g/mol. The van der Waals surface area contributed by atoms with Gasteiger partial charge in [0, 0.05) is 36.9 Å². The summed E-state index contributed by atoms with van der Waals surface area (Å²) < 4.78 is 60.2. The number of sulfonamides is 1. The number of benzene rings is 4. The molecule has 0 saturated carbocycles. The molecule has 0 N–H and O–H groups in total. The number of fused-ring (bicyclic) bond motifs is 2. The minimum atomic E-state index is -3.85. The number of ether oxygens (including phenoxy) is 2. The second kappa shape index (κ2) is 16.1. The lowest BCUT2D eigenvalue weighted by Crippen LogP contribution is -2.39. The first kappa shape index (κ1) is 38.1. The molecule has 0 aliphatic carbocycles. The third-order valence-electron chi connectivity index (χ3n) is 8.32. The highest BCUT2D eigenvalue weighted by molar-refractivity contribution is 8.13. The van der Waals surface area contributed by atoms with Gasteiger partial charge in [0.25, 0.3) is 23.6 Å². The number of nitrogens with zero attached hydrogens (tertiary/aromatic N) is 3. The number of hydrogen-bond acceptors (Lipinski definition) is 10. The molecule has 2 aliphatic rings. The molecule has 0 atom stereocenters. The van der Waals surface area contributed by atoms with Crippen molar-refractivity contribution in [2.45, 2.75) is 13.1 Å². The van der Waals surface area contributed by atoms with E-state index in [1.807, 2.05) is 0 Å². The summed E-state index contributed by atoms with van der Waals surface area (Å²) in [6, 6.07) is 27.2. The smallest absolute Gasteiger partial charge is 0.261 e. The van der Waals surface area contributed by atoms with Crippen LogP contribution in [-0.2, 0) is 32.2 Å². The van der Waals surface area contributed by atoms with Gasteiger partial charge in [0.05, 0.1) is 48.0 Å². The first-order chi connectivity index (χ1) is 24.7. The molecule has 0 radical (unpaired) electrons. The number of methoxy groups -OCH3 is 2. The van der Waals surface area contributed by atoms with Crippen molar-refractivity contribution in [1.29, 1.82) is 0 Å². The summed E-state index contributed by atoms with van der Waals surface area (Å²) in [5, 5.41) is 0. The second-order valence-corrected chi connectivity index (χ2v) is 16.6. The van der Waals surface area contributed by atoms with Gasteiger partial charge in [-0.05, 0) is 59.7 Å². The zero-order valence-corrected chi connectivity index (χ0v) is 30.5. The van der Waals surface area contributed by atoms with Crippen molar-refractivity contribution in [2.24, 2.45) is 0 Å². The van der Waals surface area contributed by atoms with Gasteiger partial charge in [-0.15, -0.1) is 0 Å². The number of imide groups is 2. The highest BCUT2D eigenvalue weighted by Gasteiger charge is 2.37. The Labute approximate surface area is 305 Å². The third kappa shape index (κ3) is 8.85. The molecule has 0 aromatic heterocycles. The van der Waals surface area contributed by atoms with Gasteiger partial charge >= 0.3 is 0 Å². The Morgan fingerprint density at radius 1 is 0.538 bits per heavy atom. The van der Waals surface area contributed by atoms with Gasteiger partial charge in [-0.1, -0.05) is 48.5 Å². The predicted octanol–water partition coefficient (Wildman–Crippen LogP) is 4.18. The summed E-state index contributed by atoms with van der Waals surface area (Å²) in [6.07, 6.45) is 0. The number of carbonyl (C=O) groups is 4. The van der Waals surface area contributed by atoms with Gasteiger partial charge in [-0.25, -0.2) is 16.8 Å². The lowest BCUT2D eigenvalue weighted by atomic mass is 10.1. The summed E-state index contributed by atoms with van der Waals surface area (Å²) in [4.78, 5) is 50.8. The SMILES string of the molecule is COc1ccc(CN(Cc2ccc(OC)cc2)S(=O)(=O)CCN2C(=O)c3ccccc3C2=O)cc1.O=C1c2ccccc2C(=O)N1CCS(=O)(=O)Cl. The molecule has 4 aromatic carbocycles. The van der Waals surface area contributed by atoms with Gasteiger partial charge in [0.1, 0.15) is 11.5 Å². The molecule has 4 amide bonds. The molecule has 0 spiro atoms. The first-order valence-electron chi connectivity index (χ1n) is 15.8. The van der Waals surface area contributed by atoms with Crippen LogP contribution in [0.1, 0.15) is 52.6 Å². The molecule has 4 aromatic rings. The van der Waals surface area contributed by atoms with Crippen molar-refractivity contribution in [3.05, 3.63) is 130 Å². The van der Waals surface area contributed by atoms with Crippen LogP contribution in [0.4, 0.5) is 0 Å². The molecule has 6 rings (SSSR count). The van der Waals surface area contributed by atoms with Gasteiger partial charge in [-0.2, -0.15) is 4.31 Å². The van der Waals surface area contributed by atoms with Crippen molar-refractivity contribution in [3.8, 4) is 11.5 Å². The quantitative estimate of drug-likeness (QED) is 0.142. The predicted molar refractivity (Wildman–Crippen MR) is 192 cm³/mol. The van der Waals surface area contributed by atoms with E-state index in [-0.39, 0.29) is 31.9 Å². The Kier molecular flexibility index (Phi) is 11.8. The number of amides is 4. The Morgan fingerprint density at radius 2 is 0.865 bits per heavy atom. The van der Waals surface area contributed by atoms with Crippen LogP contribution in [0.2, 0.25) is 0 Å². The van der Waals surface area contributed by atoms with E-state index in [1.165, 1.54) is 16.4 Å². The van der Waals surface area contributed by atoms with Crippen LogP contribution in [0, 0.1) is 0 Å². The monoisotopic (exact) mass is 767 g/mol. The van der Waals surface area contributed by atoms with Crippen molar-refractivity contribution >= 4 is 53.4 Å². The fraction of sp³-hybridized carbons (Fsp3) is 0.222. The van der Waals surface area contributed by atoms with Crippen molar-refractivity contribution in [3.63, 3.8) is 0 Å². The molecule has 2 heterocycles. The van der Waals surface area contributed by atoms with Crippen LogP contribution in [0.3, 0.4) is 0 Å². The fourth-order valence-corrected chi connectivity index (χ4v) is 7.51. The maximum Gasteiger partial charge on any atom is 0.261 e. The van der Waals surface area contributed by atoms with Gasteiger partial charge < -0.3 is 9.47 Å². The highest BCUT2D eigenvalue weighted by Crippen LogP contribution is 2.25. The van der Waals surface area contributed by atoms with Crippen LogP contribution >= 0.6 is 10.7 Å². The summed E-state index contributed by atoms with van der Waals surface area (Å²) in [7, 11) is 0.603. The summed E-state index contributed by atoms with van der Waals surface area (Å²) >= 11 is 0. The molecule has 2 aliphatic heterocycles. The molecule has 0 saturated heterocycles. The molecule has 16 heteroatoms. The Balaban J connectivity index is 0.000000257. The normalized spacial score (nSPS) is 13.9. The van der Waals surface area contributed by atoms with E-state index < -0.39 is 48.5 Å². The lowest BCUT2D eigenvalue weighted by Gasteiger charge is -2.24. The van der Waals surface area contributed by atoms with Gasteiger partial charge in [-0.3, -0.25) is 29.0 Å². The second-order valence-electron chi connectivity index (χ2n) is 11.6. The number of hydrogen-bond donors (Lipinski definition) is 0. The van der Waals surface area contributed by atoms with E-state index >= 15 is 0 Å². The van der Waals surface area contributed by atoms with Crippen LogP contribution in [-0.4, -0.2) is 93.4 Å². The number of carbonyl (C=O) groups excluding carboxylic acids is 4. The Morgan fingerprint density at radius 3 is 1.17 bits per heavy atom. The van der Waals surface area contributed by atoms with E-state index in [9.17, 15) is 36.0 Å². The molecule has 13 nitrogen and oxygen atoms in total. The standard InChI is InChI=1S/C26H26N2O6S.C10H8ClNO4S/c1-33-21-11-7-19(8-12-21)17-27(18-20-9-13-22(34-2)14-10-20)35(31,32)16-15-28-25(29)23-5-3-4-6-24(23)26(28)30;11-17(15,16)6-5-12-9(13)7-3-1-2-4-8(7)10(12)14/h3-14H,15-18H2,1-2H3;1-4H,5-6H2. The maximum absolute atomic E-state index is 13.5. The summed E-state index contributed by atoms with van der Waals surface area (Å²) in [5.41, 5.74) is 2.74. The molecule has 0 bridgehead atoms. The van der Waals surface area contributed by atoms with Crippen LogP contribution in [0.25, 0.3) is 0 Å². The Bertz CT molecular complexity index is 2090. The minimum absolute atomic E-state index is 0.125. The highest BCUT2D eigenvalue weighted by atomic mass is 35.7. The average Bonchev–Trinajstić information content (AvgIpc) is 3.53. The molecule has 52 heavy (non-hydrogen) atoms. The van der Waals surface area contributed by atoms with Crippen LogP contribution in [0.5, 0.6) is 11.5 Å². The van der Waals surface area contributed by atoms with Crippen molar-refractivity contribution < 1.29 is 45.5 Å². The Hall–Kier alpha value is -5.09. The molecular formula is C36H34ClN3O10S2. The number of halogens is 1. The van der Waals surface area contributed by atoms with E-state index in [1.54, 1.807) is 99.1 Å². The zero-order chi connectivity index (χ0) is 37.6. The van der Waals surface area contributed by atoms with E-state index in [0.29, 0.717) is 33.8 Å². The van der Waals surface area contributed by atoms with E-state index in [0.717, 1.165) is 20.9 Å². The fourth-order valence-electron chi connectivity index (χ4n) is 5.54. The van der Waals surface area contributed by atoms with E-state index in [4.69, 9.17) is 20.2 Å². The minimum Gasteiger partial charge on any atom is -0.497 e. The summed E-state index contributed by atoms with van der Waals surface area (Å²) in [6.45, 7) is -0.199. The maximum atomic E-state index is 13.5. The zero-order valence-electron chi connectivity index (χ0n) is 28.1. The lowest BCUT2D eigenvalue weighted by molar-refractivity contribution is 0.0648. The first-order valence-corrected chi connectivity index (χ1v) is 19.9. The van der Waals surface area contributed by atoms with Crippen molar-refractivity contribution in [2.75, 3.05) is 38.8 Å². The van der Waals surface area contributed by atoms with Gasteiger partial charge in [0.15, 0.2) is 0 Å². The third-order valence-corrected chi connectivity index (χ3v) is 11.2. The van der Waals surface area contributed by atoms with Crippen LogP contribution < -0.4 is 9.47 Å². The molecular weight excluding hydrogens is 734 g/mol.